The first-order valence-electron chi connectivity index (χ1n) is 15.9. The summed E-state index contributed by atoms with van der Waals surface area (Å²) in [5, 5.41) is 9.96. The fourth-order valence-electron chi connectivity index (χ4n) is 6.85. The Hall–Kier alpha value is -4.81. The van der Waals surface area contributed by atoms with Crippen molar-refractivity contribution in [2.24, 2.45) is 5.41 Å². The van der Waals surface area contributed by atoms with Crippen LogP contribution in [0.25, 0.3) is 33.9 Å². The number of aromatic amines is 2. The van der Waals surface area contributed by atoms with E-state index in [1.165, 1.54) is 11.0 Å². The first-order chi connectivity index (χ1) is 22.2. The Morgan fingerprint density at radius 2 is 1.77 bits per heavy atom. The van der Waals surface area contributed by atoms with Crippen LogP contribution >= 0.6 is 0 Å². The summed E-state index contributed by atoms with van der Waals surface area (Å²) in [6.07, 6.45) is 8.21. The van der Waals surface area contributed by atoms with Crippen LogP contribution in [0.2, 0.25) is 0 Å². The number of nitrogens with one attached hydrogen (secondary N) is 2. The van der Waals surface area contributed by atoms with Crippen molar-refractivity contribution >= 4 is 12.2 Å². The number of amides is 2. The Morgan fingerprint density at radius 3 is 2.43 bits per heavy atom. The van der Waals surface area contributed by atoms with Crippen LogP contribution in [-0.2, 0) is 10.3 Å². The number of carboxylic acid groups (broad SMARTS) is 1. The number of carbonyl (C=O) groups is 2. The number of hydrogen-bond acceptors (Lipinski definition) is 7. The summed E-state index contributed by atoms with van der Waals surface area (Å²) in [5.74, 6) is 1.05. The molecule has 4 aromatic rings. The smallest absolute Gasteiger partial charge is 0.410 e. The molecule has 3 aromatic heterocycles. The third-order valence-electron chi connectivity index (χ3n) is 9.08. The third-order valence-corrected chi connectivity index (χ3v) is 9.08. The molecule has 13 heteroatoms. The van der Waals surface area contributed by atoms with E-state index in [4.69, 9.17) is 4.74 Å². The minimum atomic E-state index is -0.965. The quantitative estimate of drug-likeness (QED) is 0.207. The van der Waals surface area contributed by atoms with Crippen molar-refractivity contribution in [1.29, 1.82) is 0 Å². The van der Waals surface area contributed by atoms with Gasteiger partial charge in [0.25, 0.3) is 0 Å². The molecule has 2 aliphatic rings. The maximum Gasteiger partial charge on any atom is 0.410 e. The molecule has 0 saturated carbocycles. The Kier molecular flexibility index (Phi) is 8.05. The van der Waals surface area contributed by atoms with Gasteiger partial charge >= 0.3 is 12.2 Å². The SMILES string of the molecule is CC(C)(C)OC(=O)N1CCC[C@H]1c1nc(-c2ccc(-c3ncc(-c4cnc([C@@]5(C(C)(C)C)CCCN5C(=O)O)[nH]4)cn3)cc2F)c[nH]1. The zero-order valence-corrected chi connectivity index (χ0v) is 27.6. The first-order valence-corrected chi connectivity index (χ1v) is 15.9. The van der Waals surface area contributed by atoms with Crippen LogP contribution in [0.1, 0.15) is 84.9 Å². The van der Waals surface area contributed by atoms with E-state index >= 15 is 4.39 Å². The van der Waals surface area contributed by atoms with E-state index in [2.05, 4.69) is 29.9 Å². The lowest BCUT2D eigenvalue weighted by molar-refractivity contribution is 0.0214. The number of H-pyrrole nitrogens is 2. The van der Waals surface area contributed by atoms with Crippen LogP contribution in [0.15, 0.2) is 43.0 Å². The van der Waals surface area contributed by atoms with Crippen LogP contribution in [0.3, 0.4) is 0 Å². The summed E-state index contributed by atoms with van der Waals surface area (Å²) >= 11 is 0. The maximum absolute atomic E-state index is 15.5. The van der Waals surface area contributed by atoms with Gasteiger partial charge in [0.15, 0.2) is 5.82 Å². The van der Waals surface area contributed by atoms with Crippen LogP contribution < -0.4 is 0 Å². The van der Waals surface area contributed by atoms with Crippen molar-refractivity contribution in [3.63, 3.8) is 0 Å². The standard InChI is InChI=1S/C34H41FN8O4/c1-32(2,3)34(12-8-14-43(34)30(44)45)29-39-18-24(41-29)21-16-36-27(37-17-21)20-10-11-22(23(35)15-20)25-19-38-28(40-25)26-9-7-13-42(26)31(46)47-33(4,5)6/h10-11,15-19,26H,7-9,12-14H2,1-6H3,(H,38,40)(H,39,41)(H,44,45)/t26-,34+/m0/s1. The molecule has 0 radical (unpaired) electrons. The molecular formula is C34H41FN8O4. The minimum absolute atomic E-state index is 0.271. The Labute approximate surface area is 272 Å². The van der Waals surface area contributed by atoms with Crippen LogP contribution in [-0.4, -0.2) is 75.7 Å². The number of halogens is 1. The lowest BCUT2D eigenvalue weighted by Crippen LogP contribution is -2.53. The molecule has 47 heavy (non-hydrogen) atoms. The lowest BCUT2D eigenvalue weighted by Gasteiger charge is -2.45. The van der Waals surface area contributed by atoms with Gasteiger partial charge in [-0.15, -0.1) is 0 Å². The van der Waals surface area contributed by atoms with E-state index in [1.54, 1.807) is 41.8 Å². The molecule has 2 aliphatic heterocycles. The second kappa shape index (κ2) is 11.8. The molecule has 2 atom stereocenters. The van der Waals surface area contributed by atoms with E-state index in [0.717, 1.165) is 19.3 Å². The average Bonchev–Trinajstić information content (AvgIpc) is 3.81. The number of carbonyl (C=O) groups excluding carboxylic acids is 1. The van der Waals surface area contributed by atoms with Gasteiger partial charge in [-0.2, -0.15) is 0 Å². The van der Waals surface area contributed by atoms with Gasteiger partial charge in [0.1, 0.15) is 28.6 Å². The summed E-state index contributed by atoms with van der Waals surface area (Å²) in [4.78, 5) is 52.8. The van der Waals surface area contributed by atoms with Crippen molar-refractivity contribution in [3.05, 3.63) is 60.5 Å². The highest BCUT2D eigenvalue weighted by Crippen LogP contribution is 2.50. The monoisotopic (exact) mass is 644 g/mol. The Balaban J connectivity index is 1.19. The van der Waals surface area contributed by atoms with E-state index in [9.17, 15) is 14.7 Å². The second-order valence-electron chi connectivity index (χ2n) is 14.3. The predicted molar refractivity (Wildman–Crippen MR) is 173 cm³/mol. The number of aromatic nitrogens is 6. The van der Waals surface area contributed by atoms with Crippen LogP contribution in [0, 0.1) is 11.2 Å². The van der Waals surface area contributed by atoms with E-state index in [1.807, 2.05) is 41.5 Å². The van der Waals surface area contributed by atoms with Crippen LogP contribution in [0.4, 0.5) is 14.0 Å². The number of imidazole rings is 2. The zero-order chi connectivity index (χ0) is 33.7. The van der Waals surface area contributed by atoms with Crippen molar-refractivity contribution < 1.29 is 23.8 Å². The Morgan fingerprint density at radius 1 is 1.02 bits per heavy atom. The number of rotatable bonds is 5. The van der Waals surface area contributed by atoms with Gasteiger partial charge in [0, 0.05) is 48.4 Å². The van der Waals surface area contributed by atoms with Gasteiger partial charge in [0.2, 0.25) is 0 Å². The molecule has 12 nitrogen and oxygen atoms in total. The molecule has 0 bridgehead atoms. The molecule has 6 rings (SSSR count). The van der Waals surface area contributed by atoms with Gasteiger partial charge in [-0.25, -0.2) is 33.9 Å². The fourth-order valence-corrected chi connectivity index (χ4v) is 6.85. The van der Waals surface area contributed by atoms with E-state index in [0.29, 0.717) is 65.1 Å². The van der Waals surface area contributed by atoms with Crippen molar-refractivity contribution in [3.8, 4) is 33.9 Å². The molecule has 5 heterocycles. The molecule has 1 aromatic carbocycles. The molecule has 0 spiro atoms. The van der Waals surface area contributed by atoms with E-state index < -0.39 is 28.5 Å². The van der Waals surface area contributed by atoms with Crippen LogP contribution in [0.5, 0.6) is 0 Å². The van der Waals surface area contributed by atoms with Crippen molar-refractivity contribution in [2.45, 2.75) is 84.4 Å². The lowest BCUT2D eigenvalue weighted by atomic mass is 9.71. The molecule has 2 fully saturated rings. The molecular weight excluding hydrogens is 603 g/mol. The van der Waals surface area contributed by atoms with Gasteiger partial charge in [0.05, 0.1) is 23.6 Å². The van der Waals surface area contributed by atoms with Gasteiger partial charge in [-0.3, -0.25) is 9.80 Å². The van der Waals surface area contributed by atoms with Gasteiger partial charge < -0.3 is 19.8 Å². The first kappa shape index (κ1) is 32.1. The number of hydrogen-bond donors (Lipinski definition) is 3. The molecule has 3 N–H and O–H groups in total. The Bertz CT molecular complexity index is 1790. The highest BCUT2D eigenvalue weighted by Gasteiger charge is 2.55. The summed E-state index contributed by atoms with van der Waals surface area (Å²) in [6, 6.07) is 4.49. The summed E-state index contributed by atoms with van der Waals surface area (Å²) in [7, 11) is 0. The van der Waals surface area contributed by atoms with E-state index in [-0.39, 0.29) is 12.1 Å². The summed E-state index contributed by atoms with van der Waals surface area (Å²) < 4.78 is 21.0. The molecule has 248 valence electrons. The summed E-state index contributed by atoms with van der Waals surface area (Å²) in [6.45, 7) is 12.6. The predicted octanol–water partition coefficient (Wildman–Crippen LogP) is 7.15. The van der Waals surface area contributed by atoms with Crippen molar-refractivity contribution in [1.82, 2.24) is 39.7 Å². The number of likely N-dealkylation sites (tertiary alicyclic amines) is 2. The fraction of sp³-hybridized carbons (Fsp3) is 0.471. The minimum Gasteiger partial charge on any atom is -0.465 e. The molecule has 0 unspecified atom stereocenters. The van der Waals surface area contributed by atoms with Crippen molar-refractivity contribution in [2.75, 3.05) is 13.1 Å². The average molecular weight is 645 g/mol. The third kappa shape index (κ3) is 5.94. The second-order valence-corrected chi connectivity index (χ2v) is 14.3. The largest absolute Gasteiger partial charge is 0.465 e. The van der Waals surface area contributed by atoms with Gasteiger partial charge in [-0.05, 0) is 64.0 Å². The zero-order valence-electron chi connectivity index (χ0n) is 27.6. The van der Waals surface area contributed by atoms with Gasteiger partial charge in [-0.1, -0.05) is 26.8 Å². The highest BCUT2D eigenvalue weighted by atomic mass is 19.1. The normalized spacial score (nSPS) is 20.2. The number of ether oxygens (including phenoxy) is 1. The molecule has 2 amide bonds. The summed E-state index contributed by atoms with van der Waals surface area (Å²) in [5.41, 5.74) is 0.786. The topological polar surface area (TPSA) is 153 Å². The molecule has 0 aliphatic carbocycles. The number of benzene rings is 1. The number of nitrogens with zero attached hydrogens (tertiary/aromatic N) is 6. The molecule has 2 saturated heterocycles. The maximum atomic E-state index is 15.5. The highest BCUT2D eigenvalue weighted by molar-refractivity contribution is 5.70.